The lowest BCUT2D eigenvalue weighted by atomic mass is 9.64. The third-order valence-corrected chi connectivity index (χ3v) is 9.50. The van der Waals surface area contributed by atoms with E-state index in [0.717, 1.165) is 63.2 Å². The lowest BCUT2D eigenvalue weighted by Crippen LogP contribution is -2.36. The summed E-state index contributed by atoms with van der Waals surface area (Å²) >= 11 is 0. The maximum atomic E-state index is 12.5. The Bertz CT molecular complexity index is 1730. The minimum atomic E-state index is -0.718. The van der Waals surface area contributed by atoms with E-state index in [4.69, 9.17) is 9.40 Å². The molecular weight excluding hydrogens is 552 g/mol. The van der Waals surface area contributed by atoms with Gasteiger partial charge in [0.2, 0.25) is 5.89 Å². The fraction of sp³-hybridized carbons (Fsp3) is 0.244. The first-order valence-corrected chi connectivity index (χ1v) is 16.2. The first-order chi connectivity index (χ1) is 22.1. The molecule has 1 N–H and O–H groups in total. The van der Waals surface area contributed by atoms with E-state index in [1.807, 2.05) is 24.3 Å². The summed E-state index contributed by atoms with van der Waals surface area (Å²) in [7, 11) is 0. The maximum Gasteiger partial charge on any atom is 0.209 e. The lowest BCUT2D eigenvalue weighted by Gasteiger charge is -2.38. The van der Waals surface area contributed by atoms with E-state index in [1.165, 1.54) is 19.3 Å². The van der Waals surface area contributed by atoms with Crippen LogP contribution in [-0.4, -0.2) is 21.0 Å². The van der Waals surface area contributed by atoms with Crippen LogP contribution < -0.4 is 0 Å². The van der Waals surface area contributed by atoms with E-state index in [1.54, 1.807) is 0 Å². The van der Waals surface area contributed by atoms with Crippen molar-refractivity contribution in [2.24, 2.45) is 0 Å². The van der Waals surface area contributed by atoms with Crippen LogP contribution in [0.2, 0.25) is 0 Å². The van der Waals surface area contributed by atoms with Gasteiger partial charge < -0.3 is 9.52 Å². The highest BCUT2D eigenvalue weighted by Crippen LogP contribution is 2.49. The molecular formula is C41H40N2O2. The number of benzene rings is 5. The molecule has 1 aromatic heterocycles. The Hall–Kier alpha value is -4.67. The second-order valence-electron chi connectivity index (χ2n) is 12.4. The van der Waals surface area contributed by atoms with Crippen molar-refractivity contribution in [3.8, 4) is 5.75 Å². The minimum Gasteiger partial charge on any atom is -0.507 e. The zero-order valence-corrected chi connectivity index (χ0v) is 25.9. The van der Waals surface area contributed by atoms with E-state index in [-0.39, 0.29) is 0 Å². The molecule has 0 spiro atoms. The number of aromatic nitrogens is 1. The quantitative estimate of drug-likeness (QED) is 0.170. The number of para-hydroxylation sites is 2. The zero-order valence-electron chi connectivity index (χ0n) is 25.9. The van der Waals surface area contributed by atoms with Gasteiger partial charge in [0.05, 0.1) is 12.0 Å². The summed E-state index contributed by atoms with van der Waals surface area (Å²) in [4.78, 5) is 7.32. The number of aromatic hydroxyl groups is 1. The number of nitrogens with zero attached hydrogens (tertiary/aromatic N) is 2. The van der Waals surface area contributed by atoms with Gasteiger partial charge >= 0.3 is 0 Å². The van der Waals surface area contributed by atoms with Crippen molar-refractivity contribution in [1.29, 1.82) is 0 Å². The van der Waals surface area contributed by atoms with Crippen molar-refractivity contribution in [2.45, 2.75) is 63.6 Å². The molecule has 1 heterocycles. The predicted octanol–water partition coefficient (Wildman–Crippen LogP) is 9.56. The fourth-order valence-corrected chi connectivity index (χ4v) is 7.43. The van der Waals surface area contributed by atoms with Gasteiger partial charge in [0, 0.05) is 23.7 Å². The van der Waals surface area contributed by atoms with Crippen molar-refractivity contribution >= 4 is 11.1 Å². The number of oxazole rings is 1. The number of hydrogen-bond acceptors (Lipinski definition) is 4. The molecule has 1 aliphatic rings. The Labute approximate surface area is 266 Å². The van der Waals surface area contributed by atoms with Gasteiger partial charge in [-0.15, -0.1) is 0 Å². The second kappa shape index (κ2) is 12.7. The fourth-order valence-electron chi connectivity index (χ4n) is 7.43. The Balaban J connectivity index is 1.38. The van der Waals surface area contributed by atoms with Gasteiger partial charge in [0.15, 0.2) is 5.58 Å². The Morgan fingerprint density at radius 1 is 0.711 bits per heavy atom. The van der Waals surface area contributed by atoms with E-state index in [9.17, 15) is 5.11 Å². The largest absolute Gasteiger partial charge is 0.507 e. The van der Waals surface area contributed by atoms with Crippen LogP contribution in [-0.2, 0) is 18.5 Å². The number of rotatable bonds is 9. The van der Waals surface area contributed by atoms with Gasteiger partial charge in [-0.25, -0.2) is 4.98 Å². The molecule has 6 aromatic rings. The van der Waals surface area contributed by atoms with E-state index < -0.39 is 5.41 Å². The van der Waals surface area contributed by atoms with Crippen molar-refractivity contribution in [3.05, 3.63) is 167 Å². The summed E-state index contributed by atoms with van der Waals surface area (Å²) in [5, 5.41) is 12.5. The zero-order chi connectivity index (χ0) is 30.6. The van der Waals surface area contributed by atoms with Crippen LogP contribution in [0.3, 0.4) is 0 Å². The van der Waals surface area contributed by atoms with Crippen LogP contribution in [0.4, 0.5) is 0 Å². The van der Waals surface area contributed by atoms with Gasteiger partial charge in [-0.2, -0.15) is 0 Å². The van der Waals surface area contributed by atoms with Gasteiger partial charge in [0.1, 0.15) is 11.3 Å². The SMILES string of the molecule is Cc1cc(CN(Cc2nc3ccccc3o2)C2CCCCC2)c(O)c(C(c2ccccc2)(c2ccccc2)c2ccccc2)c1. The van der Waals surface area contributed by atoms with Gasteiger partial charge in [0.25, 0.3) is 0 Å². The molecule has 4 heteroatoms. The standard InChI is InChI=1S/C41H40N2O2/c1-30-26-31(28-43(35-22-12-5-13-23-35)29-39-42-37-24-14-15-25-38(37)45-39)40(44)36(27-30)41(32-16-6-2-7-17-32,33-18-8-3-9-19-33)34-20-10-4-11-21-34/h2-4,6-11,14-21,24-27,35,44H,5,12-13,22-23,28-29H2,1H3. The van der Waals surface area contributed by atoms with Gasteiger partial charge in [-0.05, 0) is 48.6 Å². The van der Waals surface area contributed by atoms with Crippen molar-refractivity contribution in [1.82, 2.24) is 9.88 Å². The molecule has 0 aliphatic heterocycles. The molecule has 45 heavy (non-hydrogen) atoms. The summed E-state index contributed by atoms with van der Waals surface area (Å²) < 4.78 is 6.22. The predicted molar refractivity (Wildman–Crippen MR) is 181 cm³/mol. The van der Waals surface area contributed by atoms with E-state index >= 15 is 0 Å². The number of aryl methyl sites for hydroxylation is 1. The molecule has 226 valence electrons. The summed E-state index contributed by atoms with van der Waals surface area (Å²) in [6, 6.07) is 44.5. The van der Waals surface area contributed by atoms with Crippen molar-refractivity contribution in [3.63, 3.8) is 0 Å². The summed E-state index contributed by atoms with van der Waals surface area (Å²) in [6.07, 6.45) is 6.00. The van der Waals surface area contributed by atoms with Crippen LogP contribution in [0.15, 0.2) is 132 Å². The Morgan fingerprint density at radius 3 is 1.84 bits per heavy atom. The normalized spacial score (nSPS) is 14.3. The highest BCUT2D eigenvalue weighted by Gasteiger charge is 2.41. The molecule has 0 amide bonds. The van der Waals surface area contributed by atoms with Crippen LogP contribution in [0.1, 0.15) is 71.4 Å². The summed E-state index contributed by atoms with van der Waals surface area (Å²) in [5.41, 5.74) is 7.27. The van der Waals surface area contributed by atoms with E-state index in [2.05, 4.69) is 115 Å². The molecule has 4 nitrogen and oxygen atoms in total. The molecule has 1 saturated carbocycles. The molecule has 1 aliphatic carbocycles. The molecule has 7 rings (SSSR count). The lowest BCUT2D eigenvalue weighted by molar-refractivity contribution is 0.127. The molecule has 0 radical (unpaired) electrons. The van der Waals surface area contributed by atoms with Gasteiger partial charge in [-0.1, -0.05) is 140 Å². The molecule has 0 atom stereocenters. The van der Waals surface area contributed by atoms with Crippen LogP contribution in [0.25, 0.3) is 11.1 Å². The van der Waals surface area contributed by atoms with Crippen molar-refractivity contribution < 1.29 is 9.52 Å². The smallest absolute Gasteiger partial charge is 0.209 e. The molecule has 1 fully saturated rings. The topological polar surface area (TPSA) is 49.5 Å². The summed E-state index contributed by atoms with van der Waals surface area (Å²) in [6.45, 7) is 3.35. The first-order valence-electron chi connectivity index (χ1n) is 16.2. The van der Waals surface area contributed by atoms with Gasteiger partial charge in [-0.3, -0.25) is 4.90 Å². The molecule has 0 bridgehead atoms. The first kappa shape index (κ1) is 29.1. The highest BCUT2D eigenvalue weighted by molar-refractivity contribution is 5.72. The molecule has 0 saturated heterocycles. The number of phenols is 1. The molecule has 5 aromatic carbocycles. The summed E-state index contributed by atoms with van der Waals surface area (Å²) in [5.74, 6) is 1.07. The Morgan fingerprint density at radius 2 is 1.27 bits per heavy atom. The van der Waals surface area contributed by atoms with Crippen LogP contribution >= 0.6 is 0 Å². The second-order valence-corrected chi connectivity index (χ2v) is 12.4. The third-order valence-electron chi connectivity index (χ3n) is 9.50. The highest BCUT2D eigenvalue weighted by atomic mass is 16.3. The van der Waals surface area contributed by atoms with Crippen LogP contribution in [0.5, 0.6) is 5.75 Å². The maximum absolute atomic E-state index is 12.5. The average molecular weight is 593 g/mol. The number of hydrogen-bond donors (Lipinski definition) is 1. The monoisotopic (exact) mass is 592 g/mol. The third kappa shape index (κ3) is 5.67. The average Bonchev–Trinajstić information content (AvgIpc) is 3.51. The van der Waals surface area contributed by atoms with Crippen molar-refractivity contribution in [2.75, 3.05) is 0 Å². The Kier molecular flexibility index (Phi) is 8.23. The molecule has 0 unspecified atom stereocenters. The van der Waals surface area contributed by atoms with Crippen LogP contribution in [0, 0.1) is 6.92 Å². The minimum absolute atomic E-state index is 0.343. The number of phenolic OH excluding ortho intramolecular Hbond substituents is 1. The van der Waals surface area contributed by atoms with E-state index in [0.29, 0.717) is 24.9 Å². The number of fused-ring (bicyclic) bond motifs is 1.